The first kappa shape index (κ1) is 16.6. The molecule has 2 heterocycles. The van der Waals surface area contributed by atoms with Gasteiger partial charge in [-0.3, -0.25) is 4.79 Å². The molecule has 2 aromatic rings. The minimum atomic E-state index is -0.299. The Bertz CT molecular complexity index is 751. The zero-order valence-electron chi connectivity index (χ0n) is 14.3. The molecular formula is C18H23FN4O. The van der Waals surface area contributed by atoms with Crippen LogP contribution in [0, 0.1) is 18.2 Å². The van der Waals surface area contributed by atoms with Gasteiger partial charge >= 0.3 is 0 Å². The molecule has 1 aromatic carbocycles. The number of likely N-dealkylation sites (tertiary alicyclic amines) is 1. The number of amides is 1. The van der Waals surface area contributed by atoms with Crippen LogP contribution in [-0.4, -0.2) is 39.7 Å². The Balaban J connectivity index is 1.85. The predicted octanol–water partition coefficient (Wildman–Crippen LogP) is 2.52. The molecule has 1 saturated heterocycles. The molecule has 1 aliphatic rings. The number of rotatable bonds is 2. The minimum Gasteiger partial charge on any atom is -0.338 e. The fraction of sp³-hybridized carbons (Fsp3) is 0.444. The van der Waals surface area contributed by atoms with Crippen molar-refractivity contribution in [1.82, 2.24) is 14.7 Å². The Morgan fingerprint density at radius 1 is 1.33 bits per heavy atom. The van der Waals surface area contributed by atoms with Gasteiger partial charge in [-0.15, -0.1) is 0 Å². The zero-order valence-corrected chi connectivity index (χ0v) is 14.3. The summed E-state index contributed by atoms with van der Waals surface area (Å²) in [6, 6.07) is 6.16. The Morgan fingerprint density at radius 3 is 2.62 bits per heavy atom. The molecule has 0 aliphatic carbocycles. The van der Waals surface area contributed by atoms with E-state index in [-0.39, 0.29) is 23.2 Å². The summed E-state index contributed by atoms with van der Waals surface area (Å²) in [5.41, 5.74) is 8.10. The van der Waals surface area contributed by atoms with Crippen LogP contribution in [0.2, 0.25) is 0 Å². The number of hydrogen-bond donors (Lipinski definition) is 1. The maximum Gasteiger partial charge on any atom is 0.257 e. The molecule has 5 nitrogen and oxygen atoms in total. The molecular weight excluding hydrogens is 307 g/mol. The van der Waals surface area contributed by atoms with Crippen LogP contribution in [0.15, 0.2) is 30.5 Å². The third kappa shape index (κ3) is 2.94. The molecule has 1 atom stereocenters. The summed E-state index contributed by atoms with van der Waals surface area (Å²) >= 11 is 0. The number of carbonyl (C=O) groups is 1. The van der Waals surface area contributed by atoms with Gasteiger partial charge in [-0.25, -0.2) is 9.07 Å². The van der Waals surface area contributed by atoms with Gasteiger partial charge in [-0.05, 0) is 43.0 Å². The van der Waals surface area contributed by atoms with Crippen LogP contribution in [0.1, 0.15) is 36.3 Å². The third-order valence-corrected chi connectivity index (χ3v) is 4.91. The molecule has 3 rings (SSSR count). The van der Waals surface area contributed by atoms with E-state index in [9.17, 15) is 9.18 Å². The third-order valence-electron chi connectivity index (χ3n) is 4.91. The van der Waals surface area contributed by atoms with Gasteiger partial charge < -0.3 is 10.6 Å². The second-order valence-corrected chi connectivity index (χ2v) is 7.14. The highest BCUT2D eigenvalue weighted by Gasteiger charge is 2.36. The monoisotopic (exact) mass is 330 g/mol. The molecule has 1 amide bonds. The van der Waals surface area contributed by atoms with E-state index >= 15 is 0 Å². The van der Waals surface area contributed by atoms with Crippen molar-refractivity contribution < 1.29 is 9.18 Å². The molecule has 1 aliphatic heterocycles. The number of carbonyl (C=O) groups excluding carboxylic acids is 1. The molecule has 0 radical (unpaired) electrons. The average Bonchev–Trinajstić information content (AvgIpc) is 2.92. The van der Waals surface area contributed by atoms with Gasteiger partial charge in [-0.2, -0.15) is 5.10 Å². The van der Waals surface area contributed by atoms with Crippen LogP contribution >= 0.6 is 0 Å². The molecule has 1 unspecified atom stereocenters. The first-order valence-corrected chi connectivity index (χ1v) is 8.15. The van der Waals surface area contributed by atoms with Gasteiger partial charge in [0.1, 0.15) is 5.82 Å². The van der Waals surface area contributed by atoms with E-state index in [4.69, 9.17) is 5.73 Å². The predicted molar refractivity (Wildman–Crippen MR) is 90.5 cm³/mol. The molecule has 1 aromatic heterocycles. The lowest BCUT2D eigenvalue weighted by Crippen LogP contribution is -2.54. The number of nitrogens with two attached hydrogens (primary N) is 1. The number of aromatic nitrogens is 2. The first-order valence-electron chi connectivity index (χ1n) is 8.15. The summed E-state index contributed by atoms with van der Waals surface area (Å²) in [4.78, 5) is 14.7. The largest absolute Gasteiger partial charge is 0.338 e. The maximum atomic E-state index is 13.1. The standard InChI is InChI=1S/C18H23FN4O/c1-12-15(10-21-23(12)14-6-4-13(19)5-7-14)17(24)22-9-8-16(20)18(2,3)11-22/h4-7,10,16H,8-9,11,20H2,1-3H3. The van der Waals surface area contributed by atoms with Crippen molar-refractivity contribution in [3.63, 3.8) is 0 Å². The quantitative estimate of drug-likeness (QED) is 0.920. The van der Waals surface area contributed by atoms with Crippen LogP contribution < -0.4 is 5.73 Å². The summed E-state index contributed by atoms with van der Waals surface area (Å²) in [5, 5.41) is 4.30. The van der Waals surface area contributed by atoms with Crippen LogP contribution in [0.4, 0.5) is 4.39 Å². The first-order chi connectivity index (χ1) is 11.3. The number of piperidine rings is 1. The van der Waals surface area contributed by atoms with Gasteiger partial charge in [0.25, 0.3) is 5.91 Å². The Hall–Kier alpha value is -2.21. The van der Waals surface area contributed by atoms with E-state index < -0.39 is 0 Å². The summed E-state index contributed by atoms with van der Waals surface area (Å²) < 4.78 is 14.7. The fourth-order valence-corrected chi connectivity index (χ4v) is 3.18. The topological polar surface area (TPSA) is 64.2 Å². The van der Waals surface area contributed by atoms with E-state index in [1.165, 1.54) is 12.1 Å². The highest BCUT2D eigenvalue weighted by molar-refractivity contribution is 5.95. The summed E-state index contributed by atoms with van der Waals surface area (Å²) in [5.74, 6) is -0.326. The van der Waals surface area contributed by atoms with Crippen molar-refractivity contribution in [1.29, 1.82) is 0 Å². The smallest absolute Gasteiger partial charge is 0.257 e. The second-order valence-electron chi connectivity index (χ2n) is 7.14. The lowest BCUT2D eigenvalue weighted by Gasteiger charge is -2.42. The van der Waals surface area contributed by atoms with Crippen LogP contribution in [-0.2, 0) is 0 Å². The normalized spacial score (nSPS) is 20.2. The highest BCUT2D eigenvalue weighted by atomic mass is 19.1. The average molecular weight is 330 g/mol. The molecule has 2 N–H and O–H groups in total. The Kier molecular flexibility index (Phi) is 4.17. The van der Waals surface area contributed by atoms with E-state index in [1.807, 2.05) is 11.8 Å². The van der Waals surface area contributed by atoms with Crippen molar-refractivity contribution >= 4 is 5.91 Å². The van der Waals surface area contributed by atoms with Crippen molar-refractivity contribution in [2.75, 3.05) is 13.1 Å². The molecule has 0 spiro atoms. The molecule has 1 fully saturated rings. The fourth-order valence-electron chi connectivity index (χ4n) is 3.18. The molecule has 24 heavy (non-hydrogen) atoms. The van der Waals surface area contributed by atoms with Crippen LogP contribution in [0.25, 0.3) is 5.69 Å². The molecule has 128 valence electrons. The van der Waals surface area contributed by atoms with Gasteiger partial charge in [0.2, 0.25) is 0 Å². The lowest BCUT2D eigenvalue weighted by atomic mass is 9.79. The van der Waals surface area contributed by atoms with Crippen molar-refractivity contribution in [3.8, 4) is 5.69 Å². The summed E-state index contributed by atoms with van der Waals surface area (Å²) in [6.07, 6.45) is 2.38. The number of halogens is 1. The van der Waals surface area contributed by atoms with Gasteiger partial charge in [0.05, 0.1) is 23.1 Å². The molecule has 0 bridgehead atoms. The van der Waals surface area contributed by atoms with E-state index in [2.05, 4.69) is 18.9 Å². The van der Waals surface area contributed by atoms with Crippen molar-refractivity contribution in [2.45, 2.75) is 33.2 Å². The number of benzene rings is 1. The Morgan fingerprint density at radius 2 is 2.00 bits per heavy atom. The molecule has 6 heteroatoms. The van der Waals surface area contributed by atoms with Gasteiger partial charge in [0.15, 0.2) is 0 Å². The number of nitrogens with zero attached hydrogens (tertiary/aromatic N) is 3. The second kappa shape index (κ2) is 6.02. The van der Waals surface area contributed by atoms with Crippen molar-refractivity contribution in [2.24, 2.45) is 11.1 Å². The Labute approximate surface area is 141 Å². The van der Waals surface area contributed by atoms with Gasteiger partial charge in [-0.1, -0.05) is 13.8 Å². The van der Waals surface area contributed by atoms with E-state index in [0.29, 0.717) is 18.7 Å². The zero-order chi connectivity index (χ0) is 17.5. The lowest BCUT2D eigenvalue weighted by molar-refractivity contribution is 0.0532. The van der Waals surface area contributed by atoms with E-state index in [1.54, 1.807) is 23.0 Å². The molecule has 0 saturated carbocycles. The van der Waals surface area contributed by atoms with Crippen molar-refractivity contribution in [3.05, 3.63) is 47.5 Å². The number of hydrogen-bond acceptors (Lipinski definition) is 3. The summed E-state index contributed by atoms with van der Waals surface area (Å²) in [7, 11) is 0. The van der Waals surface area contributed by atoms with Crippen LogP contribution in [0.5, 0.6) is 0 Å². The SMILES string of the molecule is Cc1c(C(=O)N2CCC(N)C(C)(C)C2)cnn1-c1ccc(F)cc1. The van der Waals surface area contributed by atoms with Crippen LogP contribution in [0.3, 0.4) is 0 Å². The highest BCUT2D eigenvalue weighted by Crippen LogP contribution is 2.29. The summed E-state index contributed by atoms with van der Waals surface area (Å²) in [6.45, 7) is 7.32. The minimum absolute atomic E-state index is 0.0270. The van der Waals surface area contributed by atoms with Gasteiger partial charge in [0, 0.05) is 19.1 Å². The maximum absolute atomic E-state index is 13.1. The van der Waals surface area contributed by atoms with E-state index in [0.717, 1.165) is 17.8 Å².